The smallest absolute Gasteiger partial charge is 0.410 e. The molecule has 1 aliphatic rings. The number of amides is 2. The van der Waals surface area contributed by atoms with E-state index in [1.54, 1.807) is 27.7 Å². The molecule has 0 aromatic carbocycles. The van der Waals surface area contributed by atoms with Crippen LogP contribution in [0.1, 0.15) is 47.7 Å². The van der Waals surface area contributed by atoms with Crippen molar-refractivity contribution in [3.05, 3.63) is 17.3 Å². The minimum absolute atomic E-state index is 0.0119. The van der Waals surface area contributed by atoms with Gasteiger partial charge in [0.2, 0.25) is 12.0 Å². The van der Waals surface area contributed by atoms with Crippen molar-refractivity contribution in [2.75, 3.05) is 13.1 Å². The zero-order chi connectivity index (χ0) is 16.5. The van der Waals surface area contributed by atoms with Gasteiger partial charge in [0, 0.05) is 13.1 Å². The summed E-state index contributed by atoms with van der Waals surface area (Å²) in [6.07, 6.45) is 0.0364. The number of aryl methyl sites for hydroxylation is 1. The van der Waals surface area contributed by atoms with Gasteiger partial charge in [-0.2, -0.15) is 0 Å². The number of aldehydes is 1. The number of ether oxygens (including phenoxy) is 1. The lowest BCUT2D eigenvalue weighted by Gasteiger charge is -2.39. The van der Waals surface area contributed by atoms with E-state index in [9.17, 15) is 14.4 Å². The molecule has 1 fully saturated rings. The van der Waals surface area contributed by atoms with E-state index >= 15 is 0 Å². The monoisotopic (exact) mass is 309 g/mol. The van der Waals surface area contributed by atoms with Crippen molar-refractivity contribution < 1.29 is 23.5 Å². The zero-order valence-corrected chi connectivity index (χ0v) is 13.0. The van der Waals surface area contributed by atoms with Crippen LogP contribution in [0.2, 0.25) is 0 Å². The minimum Gasteiger partial charge on any atom is -0.444 e. The number of hydrogen-bond acceptors (Lipinski definition) is 6. The molecule has 8 heteroatoms. The Hall–Kier alpha value is -2.38. The summed E-state index contributed by atoms with van der Waals surface area (Å²) in [4.78, 5) is 39.6. The standard InChI is InChI=1S/C14H19N3O5/c1-8-11(21-10(7-18)15-8)12(19)16-9-5-17(6-9)13(20)22-14(2,3)4/h7,9H,5-6H2,1-4H3,(H,16,19). The average molecular weight is 309 g/mol. The molecule has 2 rings (SSSR count). The number of rotatable bonds is 3. The number of nitrogens with one attached hydrogen (secondary N) is 1. The number of aromatic nitrogens is 1. The van der Waals surface area contributed by atoms with Gasteiger partial charge in [0.15, 0.2) is 0 Å². The summed E-state index contributed by atoms with van der Waals surface area (Å²) in [6.45, 7) is 7.70. The van der Waals surface area contributed by atoms with Gasteiger partial charge in [0.25, 0.3) is 11.8 Å². The van der Waals surface area contributed by atoms with Gasteiger partial charge < -0.3 is 19.4 Å². The molecule has 1 aliphatic heterocycles. The molecule has 1 aromatic rings. The summed E-state index contributed by atoms with van der Waals surface area (Å²) in [5.41, 5.74) is -0.198. The first-order valence-electron chi connectivity index (χ1n) is 6.91. The summed E-state index contributed by atoms with van der Waals surface area (Å²) >= 11 is 0. The Bertz CT molecular complexity index is 596. The molecule has 2 amide bonds. The van der Waals surface area contributed by atoms with E-state index < -0.39 is 17.6 Å². The van der Waals surface area contributed by atoms with Gasteiger partial charge in [-0.05, 0) is 27.7 Å². The normalized spacial score (nSPS) is 15.2. The molecule has 0 atom stereocenters. The number of nitrogens with zero attached hydrogens (tertiary/aromatic N) is 2. The van der Waals surface area contributed by atoms with Gasteiger partial charge in [-0.3, -0.25) is 9.59 Å². The van der Waals surface area contributed by atoms with Crippen LogP contribution in [0, 0.1) is 6.92 Å². The Morgan fingerprint density at radius 2 is 2.05 bits per heavy atom. The third-order valence-corrected chi connectivity index (χ3v) is 2.99. The maximum absolute atomic E-state index is 12.0. The van der Waals surface area contributed by atoms with E-state index in [0.29, 0.717) is 25.1 Å². The summed E-state index contributed by atoms with van der Waals surface area (Å²) in [5.74, 6) is -0.573. The highest BCUT2D eigenvalue weighted by Gasteiger charge is 2.35. The Balaban J connectivity index is 1.84. The summed E-state index contributed by atoms with van der Waals surface area (Å²) in [7, 11) is 0. The summed E-state index contributed by atoms with van der Waals surface area (Å²) in [6, 6.07) is -0.177. The van der Waals surface area contributed by atoms with Crippen LogP contribution in [0.3, 0.4) is 0 Å². The largest absolute Gasteiger partial charge is 0.444 e. The Labute approximate surface area is 127 Å². The van der Waals surface area contributed by atoms with Gasteiger partial charge in [-0.1, -0.05) is 0 Å². The Morgan fingerprint density at radius 3 is 2.55 bits per heavy atom. The molecule has 0 saturated carbocycles. The number of hydrogen-bond donors (Lipinski definition) is 1. The maximum atomic E-state index is 12.0. The van der Waals surface area contributed by atoms with Crippen molar-refractivity contribution in [2.45, 2.75) is 39.3 Å². The van der Waals surface area contributed by atoms with Crippen molar-refractivity contribution in [1.82, 2.24) is 15.2 Å². The maximum Gasteiger partial charge on any atom is 0.410 e. The molecule has 0 unspecified atom stereocenters. The number of likely N-dealkylation sites (tertiary alicyclic amines) is 1. The molecule has 22 heavy (non-hydrogen) atoms. The molecule has 1 N–H and O–H groups in total. The minimum atomic E-state index is -0.548. The first kappa shape index (κ1) is 16.0. The molecule has 8 nitrogen and oxygen atoms in total. The second-order valence-electron chi connectivity index (χ2n) is 6.14. The van der Waals surface area contributed by atoms with Crippen molar-refractivity contribution in [1.29, 1.82) is 0 Å². The quantitative estimate of drug-likeness (QED) is 0.840. The first-order chi connectivity index (χ1) is 10.2. The van der Waals surface area contributed by atoms with Crippen LogP contribution in [0.4, 0.5) is 4.79 Å². The van der Waals surface area contributed by atoms with Crippen LogP contribution in [-0.2, 0) is 4.74 Å². The van der Waals surface area contributed by atoms with Crippen molar-refractivity contribution in [3.63, 3.8) is 0 Å². The third-order valence-electron chi connectivity index (χ3n) is 2.99. The van der Waals surface area contributed by atoms with E-state index in [1.807, 2.05) is 0 Å². The first-order valence-corrected chi connectivity index (χ1v) is 6.91. The molecule has 0 radical (unpaired) electrons. The fourth-order valence-corrected chi connectivity index (χ4v) is 1.97. The molecule has 0 bridgehead atoms. The molecule has 120 valence electrons. The highest BCUT2D eigenvalue weighted by atomic mass is 16.6. The van der Waals surface area contributed by atoms with Gasteiger partial charge >= 0.3 is 6.09 Å². The van der Waals surface area contributed by atoms with Gasteiger partial charge in [0.1, 0.15) is 5.60 Å². The number of oxazole rings is 1. The van der Waals surface area contributed by atoms with E-state index in [-0.39, 0.29) is 17.7 Å². The average Bonchev–Trinajstić information content (AvgIpc) is 2.72. The Kier molecular flexibility index (Phi) is 4.20. The molecule has 0 spiro atoms. The predicted octanol–water partition coefficient (Wildman–Crippen LogP) is 1.14. The van der Waals surface area contributed by atoms with Crippen LogP contribution in [0.5, 0.6) is 0 Å². The number of carbonyl (C=O) groups is 3. The topological polar surface area (TPSA) is 102 Å². The molecule has 0 aliphatic carbocycles. The highest BCUT2D eigenvalue weighted by molar-refractivity contribution is 5.93. The third kappa shape index (κ3) is 3.63. The zero-order valence-electron chi connectivity index (χ0n) is 13.0. The second kappa shape index (κ2) is 5.78. The molecule has 2 heterocycles. The van der Waals surface area contributed by atoms with Gasteiger partial charge in [-0.25, -0.2) is 9.78 Å². The molecular formula is C14H19N3O5. The van der Waals surface area contributed by atoms with Crippen molar-refractivity contribution in [3.8, 4) is 0 Å². The van der Waals surface area contributed by atoms with E-state index in [0.717, 1.165) is 0 Å². The van der Waals surface area contributed by atoms with E-state index in [1.165, 1.54) is 4.90 Å². The Morgan fingerprint density at radius 1 is 1.41 bits per heavy atom. The van der Waals surface area contributed by atoms with Crippen molar-refractivity contribution >= 4 is 18.3 Å². The fraction of sp³-hybridized carbons (Fsp3) is 0.571. The van der Waals surface area contributed by atoms with Crippen LogP contribution in [-0.4, -0.2) is 52.9 Å². The van der Waals surface area contributed by atoms with Crippen LogP contribution < -0.4 is 5.32 Å². The van der Waals surface area contributed by atoms with Crippen LogP contribution in [0.15, 0.2) is 4.42 Å². The van der Waals surface area contributed by atoms with Gasteiger partial charge in [-0.15, -0.1) is 0 Å². The second-order valence-corrected chi connectivity index (χ2v) is 6.14. The van der Waals surface area contributed by atoms with Gasteiger partial charge in [0.05, 0.1) is 11.7 Å². The molecule has 1 aromatic heterocycles. The van der Waals surface area contributed by atoms with E-state index in [4.69, 9.17) is 9.15 Å². The number of carbonyl (C=O) groups excluding carboxylic acids is 3. The SMILES string of the molecule is Cc1nc(C=O)oc1C(=O)NC1CN(C(=O)OC(C)(C)C)C1. The highest BCUT2D eigenvalue weighted by Crippen LogP contribution is 2.16. The lowest BCUT2D eigenvalue weighted by atomic mass is 10.1. The predicted molar refractivity (Wildman–Crippen MR) is 75.7 cm³/mol. The van der Waals surface area contributed by atoms with Crippen LogP contribution in [0.25, 0.3) is 0 Å². The lowest BCUT2D eigenvalue weighted by molar-refractivity contribution is 0.00520. The summed E-state index contributed by atoms with van der Waals surface area (Å²) in [5, 5.41) is 2.72. The molecule has 1 saturated heterocycles. The van der Waals surface area contributed by atoms with E-state index in [2.05, 4.69) is 10.3 Å². The van der Waals surface area contributed by atoms with Crippen molar-refractivity contribution in [2.24, 2.45) is 0 Å². The molecular weight excluding hydrogens is 290 g/mol. The summed E-state index contributed by atoms with van der Waals surface area (Å²) < 4.78 is 10.3. The lowest BCUT2D eigenvalue weighted by Crippen LogP contribution is -2.61. The van der Waals surface area contributed by atoms with Crippen LogP contribution >= 0.6 is 0 Å². The fourth-order valence-electron chi connectivity index (χ4n) is 1.97.